The van der Waals surface area contributed by atoms with Gasteiger partial charge in [0.2, 0.25) is 10.0 Å². The van der Waals surface area contributed by atoms with Gasteiger partial charge in [0.1, 0.15) is 0 Å². The third-order valence-electron chi connectivity index (χ3n) is 3.38. The van der Waals surface area contributed by atoms with Gasteiger partial charge >= 0.3 is 5.97 Å². The van der Waals surface area contributed by atoms with Gasteiger partial charge in [0, 0.05) is 13.7 Å². The summed E-state index contributed by atoms with van der Waals surface area (Å²) in [6, 6.07) is 5.85. The van der Waals surface area contributed by atoms with Crippen LogP contribution in [0.5, 0.6) is 0 Å². The fourth-order valence-corrected chi connectivity index (χ4v) is 3.57. The standard InChI is InChI=1S/C13H17NO5S/c1-14(12-5-6-19-8-12)20(17,18)9-10-3-2-4-11(7-10)13(15)16/h2-4,7,12H,5-6,8-9H2,1H3,(H,15,16). The molecule has 2 rings (SSSR count). The molecule has 1 saturated heterocycles. The fraction of sp³-hybridized carbons (Fsp3) is 0.462. The second-order valence-corrected chi connectivity index (χ2v) is 6.82. The Bertz CT molecular complexity index is 593. The number of sulfonamides is 1. The number of carbonyl (C=O) groups is 1. The number of ether oxygens (including phenoxy) is 1. The lowest BCUT2D eigenvalue weighted by atomic mass is 10.1. The van der Waals surface area contributed by atoms with Gasteiger partial charge in [-0.3, -0.25) is 0 Å². The zero-order valence-corrected chi connectivity index (χ0v) is 12.0. The van der Waals surface area contributed by atoms with Gasteiger partial charge in [-0.15, -0.1) is 0 Å². The van der Waals surface area contributed by atoms with E-state index in [1.54, 1.807) is 12.1 Å². The first-order chi connectivity index (χ1) is 9.40. The molecule has 1 aromatic rings. The van der Waals surface area contributed by atoms with Crippen LogP contribution in [0.4, 0.5) is 0 Å². The molecule has 1 aliphatic rings. The maximum Gasteiger partial charge on any atom is 0.335 e. The summed E-state index contributed by atoms with van der Waals surface area (Å²) in [5.41, 5.74) is 0.556. The van der Waals surface area contributed by atoms with Crippen molar-refractivity contribution in [3.05, 3.63) is 35.4 Å². The molecular formula is C13H17NO5S. The smallest absolute Gasteiger partial charge is 0.335 e. The van der Waals surface area contributed by atoms with Crippen LogP contribution in [0.3, 0.4) is 0 Å². The number of carboxylic acid groups (broad SMARTS) is 1. The Labute approximate surface area is 118 Å². The van der Waals surface area contributed by atoms with Crippen molar-refractivity contribution in [1.82, 2.24) is 4.31 Å². The van der Waals surface area contributed by atoms with Crippen LogP contribution in [0.15, 0.2) is 24.3 Å². The molecular weight excluding hydrogens is 282 g/mol. The Kier molecular flexibility index (Phi) is 4.42. The van der Waals surface area contributed by atoms with E-state index in [0.717, 1.165) is 0 Å². The van der Waals surface area contributed by atoms with Crippen LogP contribution in [0, 0.1) is 0 Å². The van der Waals surface area contributed by atoms with Crippen LogP contribution in [0.25, 0.3) is 0 Å². The molecule has 0 aliphatic carbocycles. The van der Waals surface area contributed by atoms with Crippen LogP contribution in [-0.4, -0.2) is 50.1 Å². The summed E-state index contributed by atoms with van der Waals surface area (Å²) < 4.78 is 31.1. The van der Waals surface area contributed by atoms with Crippen LogP contribution < -0.4 is 0 Å². The number of aromatic carboxylic acids is 1. The highest BCUT2D eigenvalue weighted by molar-refractivity contribution is 7.88. The molecule has 110 valence electrons. The summed E-state index contributed by atoms with van der Waals surface area (Å²) in [5.74, 6) is -1.28. The van der Waals surface area contributed by atoms with Crippen molar-refractivity contribution in [1.29, 1.82) is 0 Å². The quantitative estimate of drug-likeness (QED) is 0.874. The highest BCUT2D eigenvalue weighted by Crippen LogP contribution is 2.18. The minimum atomic E-state index is -3.48. The maximum atomic E-state index is 12.3. The molecule has 0 amide bonds. The molecule has 1 heterocycles. The van der Waals surface area contributed by atoms with Gasteiger partial charge in [-0.05, 0) is 24.1 Å². The molecule has 1 fully saturated rings. The summed E-state index contributed by atoms with van der Waals surface area (Å²) in [4.78, 5) is 10.9. The van der Waals surface area contributed by atoms with Crippen molar-refractivity contribution in [3.8, 4) is 0 Å². The van der Waals surface area contributed by atoms with E-state index in [9.17, 15) is 13.2 Å². The average Bonchev–Trinajstić information content (AvgIpc) is 2.91. The number of carboxylic acids is 1. The Morgan fingerprint density at radius 2 is 2.25 bits per heavy atom. The molecule has 6 nitrogen and oxygen atoms in total. The first-order valence-electron chi connectivity index (χ1n) is 6.26. The highest BCUT2D eigenvalue weighted by atomic mass is 32.2. The number of nitrogens with zero attached hydrogens (tertiary/aromatic N) is 1. The summed E-state index contributed by atoms with van der Waals surface area (Å²) in [6.45, 7) is 0.976. The van der Waals surface area contributed by atoms with E-state index >= 15 is 0 Å². The molecule has 0 radical (unpaired) electrons. The third kappa shape index (κ3) is 3.36. The molecule has 0 bridgehead atoms. The van der Waals surface area contributed by atoms with Crippen LogP contribution >= 0.6 is 0 Å². The first kappa shape index (κ1) is 15.0. The van der Waals surface area contributed by atoms with Gasteiger partial charge in [-0.2, -0.15) is 4.31 Å². The van der Waals surface area contributed by atoms with E-state index < -0.39 is 16.0 Å². The Morgan fingerprint density at radius 1 is 1.50 bits per heavy atom. The van der Waals surface area contributed by atoms with E-state index in [1.807, 2.05) is 0 Å². The zero-order chi connectivity index (χ0) is 14.8. The molecule has 1 unspecified atom stereocenters. The average molecular weight is 299 g/mol. The Hall–Kier alpha value is -1.44. The predicted molar refractivity (Wildman–Crippen MR) is 73.0 cm³/mol. The summed E-state index contributed by atoms with van der Waals surface area (Å²) in [7, 11) is -1.94. The molecule has 0 aromatic heterocycles. The van der Waals surface area contributed by atoms with Crippen molar-refractivity contribution in [3.63, 3.8) is 0 Å². The summed E-state index contributed by atoms with van der Waals surface area (Å²) in [6.07, 6.45) is 0.685. The first-order valence-corrected chi connectivity index (χ1v) is 7.87. The maximum absolute atomic E-state index is 12.3. The normalized spacial score (nSPS) is 19.4. The van der Waals surface area contributed by atoms with Gasteiger partial charge in [-0.25, -0.2) is 13.2 Å². The van der Waals surface area contributed by atoms with Gasteiger partial charge in [-0.1, -0.05) is 12.1 Å². The van der Waals surface area contributed by atoms with Crippen molar-refractivity contribution in [2.24, 2.45) is 0 Å². The zero-order valence-electron chi connectivity index (χ0n) is 11.2. The number of likely N-dealkylation sites (N-methyl/N-ethyl adjacent to an activating group) is 1. The number of benzene rings is 1. The minimum Gasteiger partial charge on any atom is -0.478 e. The molecule has 0 spiro atoms. The largest absolute Gasteiger partial charge is 0.478 e. The van der Waals surface area contributed by atoms with Crippen molar-refractivity contribution in [2.75, 3.05) is 20.3 Å². The van der Waals surface area contributed by atoms with Gasteiger partial charge < -0.3 is 9.84 Å². The van der Waals surface area contributed by atoms with Gasteiger partial charge in [0.25, 0.3) is 0 Å². The van der Waals surface area contributed by atoms with E-state index in [4.69, 9.17) is 9.84 Å². The molecule has 0 saturated carbocycles. The molecule has 1 aliphatic heterocycles. The Balaban J connectivity index is 2.15. The predicted octanol–water partition coefficient (Wildman–Crippen LogP) is 0.935. The van der Waals surface area contributed by atoms with Crippen LogP contribution in [0.2, 0.25) is 0 Å². The monoisotopic (exact) mass is 299 g/mol. The number of rotatable bonds is 5. The van der Waals surface area contributed by atoms with Crippen molar-refractivity contribution < 1.29 is 23.1 Å². The van der Waals surface area contributed by atoms with E-state index in [1.165, 1.54) is 23.5 Å². The molecule has 1 aromatic carbocycles. The summed E-state index contributed by atoms with van der Waals surface area (Å²) >= 11 is 0. The van der Waals surface area contributed by atoms with Crippen molar-refractivity contribution in [2.45, 2.75) is 18.2 Å². The lowest BCUT2D eigenvalue weighted by molar-refractivity contribution is 0.0696. The SMILES string of the molecule is CN(C1CCOC1)S(=O)(=O)Cc1cccc(C(=O)O)c1. The van der Waals surface area contributed by atoms with Crippen LogP contribution in [0.1, 0.15) is 22.3 Å². The van der Waals surface area contributed by atoms with E-state index in [2.05, 4.69) is 0 Å². The summed E-state index contributed by atoms with van der Waals surface area (Å²) in [5, 5.41) is 8.91. The number of hydrogen-bond acceptors (Lipinski definition) is 4. The lowest BCUT2D eigenvalue weighted by Gasteiger charge is -2.22. The highest BCUT2D eigenvalue weighted by Gasteiger charge is 2.29. The topological polar surface area (TPSA) is 83.9 Å². The van der Waals surface area contributed by atoms with E-state index in [0.29, 0.717) is 25.2 Å². The Morgan fingerprint density at radius 3 is 2.85 bits per heavy atom. The molecule has 1 atom stereocenters. The fourth-order valence-electron chi connectivity index (χ4n) is 2.14. The van der Waals surface area contributed by atoms with Crippen LogP contribution in [-0.2, 0) is 20.5 Å². The van der Waals surface area contributed by atoms with Gasteiger partial charge in [0.05, 0.1) is 24.0 Å². The van der Waals surface area contributed by atoms with E-state index in [-0.39, 0.29) is 17.4 Å². The second kappa shape index (κ2) is 5.90. The molecule has 7 heteroatoms. The minimum absolute atomic E-state index is 0.0875. The second-order valence-electron chi connectivity index (χ2n) is 4.80. The molecule has 20 heavy (non-hydrogen) atoms. The molecule has 1 N–H and O–H groups in total. The number of hydrogen-bond donors (Lipinski definition) is 1. The van der Waals surface area contributed by atoms with Gasteiger partial charge in [0.15, 0.2) is 0 Å². The van der Waals surface area contributed by atoms with Crippen molar-refractivity contribution >= 4 is 16.0 Å². The lowest BCUT2D eigenvalue weighted by Crippen LogP contribution is -2.38. The third-order valence-corrected chi connectivity index (χ3v) is 5.26.